The number of allylic oxidation sites excluding steroid dienone is 4. The molecule has 0 radical (unpaired) electrons. The van der Waals surface area contributed by atoms with Crippen LogP contribution in [0.1, 0.15) is 12.8 Å². The third-order valence-electron chi connectivity index (χ3n) is 6.62. The van der Waals surface area contributed by atoms with E-state index in [1.54, 1.807) is 12.4 Å². The monoisotopic (exact) mass is 473 g/mol. The Labute approximate surface area is 209 Å². The van der Waals surface area contributed by atoms with Gasteiger partial charge in [0.2, 0.25) is 0 Å². The van der Waals surface area contributed by atoms with E-state index in [9.17, 15) is 0 Å². The number of benzene rings is 3. The Bertz CT molecular complexity index is 1410. The van der Waals surface area contributed by atoms with E-state index in [1.807, 2.05) is 11.8 Å². The molecular formula is C29H23N5S. The maximum Gasteiger partial charge on any atom is 0.263 e. The summed E-state index contributed by atoms with van der Waals surface area (Å²) in [6.07, 6.45) is 12.1. The summed E-state index contributed by atoms with van der Waals surface area (Å²) < 4.78 is 0. The molecule has 1 aliphatic carbocycles. The molecular weight excluding hydrogens is 450 g/mol. The Morgan fingerprint density at radius 1 is 0.686 bits per heavy atom. The predicted octanol–water partition coefficient (Wildman–Crippen LogP) is 7.22. The molecule has 0 saturated carbocycles. The number of thioether (sulfide) groups is 1. The molecule has 0 N–H and O–H groups in total. The summed E-state index contributed by atoms with van der Waals surface area (Å²) in [5.41, 5.74) is 4.60. The lowest BCUT2D eigenvalue weighted by Crippen LogP contribution is -2.61. The minimum Gasteiger partial charge on any atom is -0.290 e. The summed E-state index contributed by atoms with van der Waals surface area (Å²) >= 11 is 1.84. The van der Waals surface area contributed by atoms with Gasteiger partial charge in [-0.1, -0.05) is 60.7 Å². The third-order valence-corrected chi connectivity index (χ3v) is 8.01. The van der Waals surface area contributed by atoms with Gasteiger partial charge in [-0.05, 0) is 67.1 Å². The van der Waals surface area contributed by atoms with Gasteiger partial charge in [-0.2, -0.15) is 0 Å². The van der Waals surface area contributed by atoms with Crippen LogP contribution in [0, 0.1) is 0 Å². The maximum atomic E-state index is 4.92. The quantitative estimate of drug-likeness (QED) is 0.312. The minimum atomic E-state index is -0.687. The Balaban J connectivity index is 1.57. The van der Waals surface area contributed by atoms with Crippen molar-refractivity contribution in [2.45, 2.75) is 22.9 Å². The fourth-order valence-corrected chi connectivity index (χ4v) is 6.81. The molecule has 0 bridgehead atoms. The third kappa shape index (κ3) is 2.96. The van der Waals surface area contributed by atoms with Gasteiger partial charge >= 0.3 is 0 Å². The molecule has 35 heavy (non-hydrogen) atoms. The van der Waals surface area contributed by atoms with Crippen LogP contribution < -0.4 is 14.7 Å². The van der Waals surface area contributed by atoms with Gasteiger partial charge in [-0.15, -0.1) is 0 Å². The fourth-order valence-electron chi connectivity index (χ4n) is 5.24. The van der Waals surface area contributed by atoms with E-state index in [-0.39, 0.29) is 0 Å². The van der Waals surface area contributed by atoms with E-state index in [4.69, 9.17) is 9.97 Å². The zero-order valence-corrected chi connectivity index (χ0v) is 19.8. The first-order valence-corrected chi connectivity index (χ1v) is 12.7. The number of aromatic nitrogens is 2. The van der Waals surface area contributed by atoms with E-state index < -0.39 is 5.12 Å². The van der Waals surface area contributed by atoms with Crippen molar-refractivity contribution < 1.29 is 0 Å². The van der Waals surface area contributed by atoms with Crippen LogP contribution in [-0.2, 0) is 0 Å². The first-order valence-electron chi connectivity index (χ1n) is 11.8. The Morgan fingerprint density at radius 3 is 2.00 bits per heavy atom. The van der Waals surface area contributed by atoms with Crippen molar-refractivity contribution >= 4 is 40.5 Å². The smallest absolute Gasteiger partial charge is 0.263 e. The first kappa shape index (κ1) is 20.4. The molecule has 0 amide bonds. The number of nitrogens with zero attached hydrogens (tertiary/aromatic N) is 5. The standard InChI is InChI=1S/C29H23N5S/c1-4-12-22(13-5-1)32-25-18-10-11-19-26(25)35-29(32)33(23-14-6-2-7-15-23)27-28(31-21-20-30-27)34(29)24-16-8-3-9-17-24/h1-8,10-16,18-21H,9,17H2. The zero-order chi connectivity index (χ0) is 23.2. The van der Waals surface area contributed by atoms with Gasteiger partial charge in [0.15, 0.2) is 11.6 Å². The molecule has 3 aliphatic rings. The summed E-state index contributed by atoms with van der Waals surface area (Å²) in [5.74, 6) is 1.73. The van der Waals surface area contributed by atoms with Crippen molar-refractivity contribution in [1.82, 2.24) is 9.97 Å². The number of fused-ring (bicyclic) bond motifs is 2. The largest absolute Gasteiger partial charge is 0.290 e. The number of anilines is 5. The Hall–Kier alpha value is -4.03. The summed E-state index contributed by atoms with van der Waals surface area (Å²) in [6.45, 7) is 0. The Kier molecular flexibility index (Phi) is 4.67. The van der Waals surface area contributed by atoms with E-state index in [2.05, 4.69) is 118 Å². The fraction of sp³-hybridized carbons (Fsp3) is 0.103. The highest BCUT2D eigenvalue weighted by molar-refractivity contribution is 8.01. The lowest BCUT2D eigenvalue weighted by molar-refractivity contribution is 0.611. The van der Waals surface area contributed by atoms with E-state index in [0.717, 1.165) is 35.9 Å². The van der Waals surface area contributed by atoms with Crippen molar-refractivity contribution in [1.29, 1.82) is 0 Å². The highest BCUT2D eigenvalue weighted by Gasteiger charge is 2.62. The van der Waals surface area contributed by atoms with E-state index >= 15 is 0 Å². The van der Waals surface area contributed by atoms with Crippen molar-refractivity contribution in [3.8, 4) is 0 Å². The molecule has 3 aromatic carbocycles. The molecule has 0 saturated heterocycles. The topological polar surface area (TPSA) is 35.5 Å². The van der Waals surface area contributed by atoms with Gasteiger partial charge in [-0.25, -0.2) is 9.97 Å². The van der Waals surface area contributed by atoms with Crippen LogP contribution in [0.4, 0.5) is 28.7 Å². The molecule has 6 heteroatoms. The highest BCUT2D eigenvalue weighted by atomic mass is 32.2. The molecule has 0 fully saturated rings. The van der Waals surface area contributed by atoms with E-state index in [0.29, 0.717) is 0 Å². The average molecular weight is 474 g/mol. The van der Waals surface area contributed by atoms with Gasteiger partial charge < -0.3 is 0 Å². The predicted molar refractivity (Wildman–Crippen MR) is 143 cm³/mol. The van der Waals surface area contributed by atoms with Gasteiger partial charge in [0.1, 0.15) is 0 Å². The number of rotatable bonds is 3. The number of hydrogen-bond donors (Lipinski definition) is 0. The summed E-state index contributed by atoms with van der Waals surface area (Å²) in [6, 6.07) is 29.9. The molecule has 4 aromatic rings. The van der Waals surface area contributed by atoms with Crippen molar-refractivity contribution in [3.05, 3.63) is 121 Å². The molecule has 2 aliphatic heterocycles. The molecule has 1 spiro atoms. The van der Waals surface area contributed by atoms with Crippen LogP contribution in [0.2, 0.25) is 0 Å². The van der Waals surface area contributed by atoms with E-state index in [1.165, 1.54) is 16.3 Å². The van der Waals surface area contributed by atoms with Gasteiger partial charge in [0.05, 0.1) is 5.69 Å². The molecule has 3 heterocycles. The van der Waals surface area contributed by atoms with Crippen LogP contribution in [0.5, 0.6) is 0 Å². The average Bonchev–Trinajstić information content (AvgIpc) is 3.41. The zero-order valence-electron chi connectivity index (χ0n) is 19.0. The van der Waals surface area contributed by atoms with Crippen molar-refractivity contribution in [3.63, 3.8) is 0 Å². The summed E-state index contributed by atoms with van der Waals surface area (Å²) in [4.78, 5) is 18.3. The number of hydrogen-bond acceptors (Lipinski definition) is 6. The first-order chi connectivity index (χ1) is 17.4. The molecule has 170 valence electrons. The van der Waals surface area contributed by atoms with Crippen LogP contribution in [0.15, 0.2) is 126 Å². The number of para-hydroxylation sites is 3. The highest BCUT2D eigenvalue weighted by Crippen LogP contribution is 2.64. The van der Waals surface area contributed by atoms with Crippen LogP contribution in [0.25, 0.3) is 0 Å². The van der Waals surface area contributed by atoms with Crippen molar-refractivity contribution in [2.75, 3.05) is 14.7 Å². The maximum absolute atomic E-state index is 4.92. The summed E-state index contributed by atoms with van der Waals surface area (Å²) in [7, 11) is 0. The van der Waals surface area contributed by atoms with Crippen molar-refractivity contribution in [2.24, 2.45) is 0 Å². The summed E-state index contributed by atoms with van der Waals surface area (Å²) in [5, 5.41) is -0.687. The second kappa shape index (κ2) is 8.03. The second-order valence-electron chi connectivity index (χ2n) is 8.65. The van der Waals surface area contributed by atoms with Gasteiger partial charge in [-0.3, -0.25) is 14.7 Å². The normalized spacial score (nSPS) is 20.2. The SMILES string of the molecule is C1=CCCC(N2c3nccnc3N(c3ccccc3)C23Sc2ccccc2N3c2ccccc2)=C1. The van der Waals surface area contributed by atoms with Crippen LogP contribution in [-0.4, -0.2) is 15.1 Å². The molecule has 7 rings (SSSR count). The molecule has 5 nitrogen and oxygen atoms in total. The second-order valence-corrected chi connectivity index (χ2v) is 9.84. The van der Waals surface area contributed by atoms with Gasteiger partial charge in [0.25, 0.3) is 5.12 Å². The Morgan fingerprint density at radius 2 is 1.31 bits per heavy atom. The lowest BCUT2D eigenvalue weighted by Gasteiger charge is -2.48. The van der Waals surface area contributed by atoms with Gasteiger partial charge in [0, 0.05) is 34.4 Å². The lowest BCUT2D eigenvalue weighted by atomic mass is 10.1. The van der Waals surface area contributed by atoms with Crippen LogP contribution >= 0.6 is 11.8 Å². The molecule has 1 atom stereocenters. The minimum absolute atomic E-state index is 0.687. The molecule has 1 unspecified atom stereocenters. The van der Waals surface area contributed by atoms with Crippen LogP contribution in [0.3, 0.4) is 0 Å². The molecule has 1 aromatic heterocycles.